The fourth-order valence-electron chi connectivity index (χ4n) is 1.42. The first-order valence-corrected chi connectivity index (χ1v) is 5.79. The molecule has 0 saturated heterocycles. The summed E-state index contributed by atoms with van der Waals surface area (Å²) in [7, 11) is 0. The number of benzene rings is 1. The SMILES string of the molecule is CCNCCNCc1cccc(C)c1Cl. The van der Waals surface area contributed by atoms with E-state index in [1.54, 1.807) is 0 Å². The minimum atomic E-state index is 0.839. The Bertz CT molecular complexity index is 300. The van der Waals surface area contributed by atoms with Gasteiger partial charge in [-0.05, 0) is 24.6 Å². The number of hydrogen-bond donors (Lipinski definition) is 2. The van der Waals surface area contributed by atoms with Gasteiger partial charge < -0.3 is 10.6 Å². The van der Waals surface area contributed by atoms with Crippen molar-refractivity contribution in [2.75, 3.05) is 19.6 Å². The molecule has 1 aromatic rings. The Labute approximate surface area is 97.0 Å². The Kier molecular flexibility index (Phi) is 5.69. The predicted octanol–water partition coefficient (Wildman–Crippen LogP) is 2.35. The minimum absolute atomic E-state index is 0.839. The molecule has 84 valence electrons. The van der Waals surface area contributed by atoms with Crippen molar-refractivity contribution in [1.29, 1.82) is 0 Å². The van der Waals surface area contributed by atoms with Crippen molar-refractivity contribution in [3.8, 4) is 0 Å². The highest BCUT2D eigenvalue weighted by Gasteiger charge is 2.01. The number of aryl methyl sites for hydroxylation is 1. The third-order valence-corrected chi connectivity index (χ3v) is 2.86. The summed E-state index contributed by atoms with van der Waals surface area (Å²) in [5.41, 5.74) is 2.32. The fraction of sp³-hybridized carbons (Fsp3) is 0.500. The maximum absolute atomic E-state index is 6.18. The summed E-state index contributed by atoms with van der Waals surface area (Å²) >= 11 is 6.18. The molecule has 0 spiro atoms. The standard InChI is InChI=1S/C12H19ClN2/c1-3-14-7-8-15-9-11-6-4-5-10(2)12(11)13/h4-6,14-15H,3,7-9H2,1-2H3. The van der Waals surface area contributed by atoms with Crippen molar-refractivity contribution in [1.82, 2.24) is 10.6 Å². The van der Waals surface area contributed by atoms with Crippen LogP contribution in [0.4, 0.5) is 0 Å². The van der Waals surface area contributed by atoms with Gasteiger partial charge in [0.1, 0.15) is 0 Å². The van der Waals surface area contributed by atoms with Crippen LogP contribution < -0.4 is 10.6 Å². The largest absolute Gasteiger partial charge is 0.316 e. The van der Waals surface area contributed by atoms with Crippen molar-refractivity contribution < 1.29 is 0 Å². The van der Waals surface area contributed by atoms with Gasteiger partial charge in [0.05, 0.1) is 0 Å². The third kappa shape index (κ3) is 4.20. The van der Waals surface area contributed by atoms with Crippen LogP contribution in [0.25, 0.3) is 0 Å². The fourth-order valence-corrected chi connectivity index (χ4v) is 1.61. The Balaban J connectivity index is 2.34. The van der Waals surface area contributed by atoms with Gasteiger partial charge in [-0.1, -0.05) is 36.7 Å². The molecular weight excluding hydrogens is 208 g/mol. The second-order valence-electron chi connectivity index (χ2n) is 3.58. The lowest BCUT2D eigenvalue weighted by molar-refractivity contribution is 0.625. The number of hydrogen-bond acceptors (Lipinski definition) is 2. The van der Waals surface area contributed by atoms with Crippen molar-refractivity contribution in [3.05, 3.63) is 34.3 Å². The van der Waals surface area contributed by atoms with Gasteiger partial charge in [-0.3, -0.25) is 0 Å². The molecule has 0 aliphatic carbocycles. The molecule has 0 unspecified atom stereocenters. The van der Waals surface area contributed by atoms with E-state index in [0.717, 1.165) is 36.8 Å². The number of rotatable bonds is 6. The first kappa shape index (κ1) is 12.5. The molecule has 0 atom stereocenters. The molecule has 0 radical (unpaired) electrons. The van der Waals surface area contributed by atoms with Crippen molar-refractivity contribution in [2.24, 2.45) is 0 Å². The van der Waals surface area contributed by atoms with Crippen LogP contribution in [0, 0.1) is 6.92 Å². The molecule has 0 aromatic heterocycles. The highest BCUT2D eigenvalue weighted by molar-refractivity contribution is 6.32. The Morgan fingerprint density at radius 3 is 2.67 bits per heavy atom. The molecule has 0 bridgehead atoms. The molecule has 2 nitrogen and oxygen atoms in total. The van der Waals surface area contributed by atoms with Gasteiger partial charge in [0.15, 0.2) is 0 Å². The van der Waals surface area contributed by atoms with Gasteiger partial charge in [0, 0.05) is 24.7 Å². The second-order valence-corrected chi connectivity index (χ2v) is 3.96. The quantitative estimate of drug-likeness (QED) is 0.728. The Morgan fingerprint density at radius 1 is 1.20 bits per heavy atom. The zero-order valence-electron chi connectivity index (χ0n) is 9.44. The van der Waals surface area contributed by atoms with Gasteiger partial charge in [-0.2, -0.15) is 0 Å². The van der Waals surface area contributed by atoms with E-state index in [2.05, 4.69) is 23.6 Å². The average Bonchev–Trinajstić information content (AvgIpc) is 2.24. The minimum Gasteiger partial charge on any atom is -0.316 e. The maximum Gasteiger partial charge on any atom is 0.0480 e. The zero-order chi connectivity index (χ0) is 11.1. The summed E-state index contributed by atoms with van der Waals surface area (Å²) in [6.07, 6.45) is 0. The van der Waals surface area contributed by atoms with Crippen LogP contribution in [0.5, 0.6) is 0 Å². The summed E-state index contributed by atoms with van der Waals surface area (Å²) in [6.45, 7) is 7.97. The summed E-state index contributed by atoms with van der Waals surface area (Å²) in [4.78, 5) is 0. The summed E-state index contributed by atoms with van der Waals surface area (Å²) < 4.78 is 0. The van der Waals surface area contributed by atoms with Crippen molar-refractivity contribution in [3.63, 3.8) is 0 Å². The maximum atomic E-state index is 6.18. The highest BCUT2D eigenvalue weighted by Crippen LogP contribution is 2.19. The summed E-state index contributed by atoms with van der Waals surface area (Å²) in [5.74, 6) is 0. The summed E-state index contributed by atoms with van der Waals surface area (Å²) in [6, 6.07) is 6.14. The van der Waals surface area contributed by atoms with Gasteiger partial charge in [-0.25, -0.2) is 0 Å². The molecule has 3 heteroatoms. The second kappa shape index (κ2) is 6.83. The van der Waals surface area contributed by atoms with E-state index < -0.39 is 0 Å². The van der Waals surface area contributed by atoms with Gasteiger partial charge in [0.25, 0.3) is 0 Å². The first-order valence-electron chi connectivity index (χ1n) is 5.41. The normalized spacial score (nSPS) is 10.6. The summed E-state index contributed by atoms with van der Waals surface area (Å²) in [5, 5.41) is 7.51. The molecule has 15 heavy (non-hydrogen) atoms. The Hall–Kier alpha value is -0.570. The van der Waals surface area contributed by atoms with Crippen molar-refractivity contribution >= 4 is 11.6 Å². The lowest BCUT2D eigenvalue weighted by Gasteiger charge is -2.08. The van der Waals surface area contributed by atoms with E-state index in [1.807, 2.05) is 19.1 Å². The van der Waals surface area contributed by atoms with Crippen LogP contribution in [0.15, 0.2) is 18.2 Å². The molecular formula is C12H19ClN2. The first-order chi connectivity index (χ1) is 7.25. The lowest BCUT2D eigenvalue weighted by atomic mass is 10.1. The van der Waals surface area contributed by atoms with Gasteiger partial charge in [-0.15, -0.1) is 0 Å². The molecule has 0 amide bonds. The van der Waals surface area contributed by atoms with Crippen molar-refractivity contribution in [2.45, 2.75) is 20.4 Å². The van der Waals surface area contributed by atoms with Gasteiger partial charge >= 0.3 is 0 Å². The topological polar surface area (TPSA) is 24.1 Å². The van der Waals surface area contributed by atoms with E-state index in [0.29, 0.717) is 0 Å². The molecule has 0 heterocycles. The molecule has 0 aliphatic rings. The molecule has 0 aliphatic heterocycles. The van der Waals surface area contributed by atoms with Crippen LogP contribution in [0.2, 0.25) is 5.02 Å². The number of halogens is 1. The molecule has 2 N–H and O–H groups in total. The van der Waals surface area contributed by atoms with Crippen LogP contribution in [0.3, 0.4) is 0 Å². The molecule has 1 aromatic carbocycles. The van der Waals surface area contributed by atoms with E-state index in [-0.39, 0.29) is 0 Å². The zero-order valence-corrected chi connectivity index (χ0v) is 10.2. The van der Waals surface area contributed by atoms with Crippen LogP contribution >= 0.6 is 11.6 Å². The molecule has 0 fully saturated rings. The van der Waals surface area contributed by atoms with Crippen LogP contribution in [0.1, 0.15) is 18.1 Å². The van der Waals surface area contributed by atoms with Gasteiger partial charge in [0.2, 0.25) is 0 Å². The van der Waals surface area contributed by atoms with Crippen LogP contribution in [-0.4, -0.2) is 19.6 Å². The molecule has 0 saturated carbocycles. The third-order valence-electron chi connectivity index (χ3n) is 2.32. The molecule has 1 rings (SSSR count). The van der Waals surface area contributed by atoms with E-state index in [4.69, 9.17) is 11.6 Å². The van der Waals surface area contributed by atoms with E-state index in [9.17, 15) is 0 Å². The number of likely N-dealkylation sites (N-methyl/N-ethyl adjacent to an activating group) is 1. The monoisotopic (exact) mass is 226 g/mol. The van der Waals surface area contributed by atoms with Crippen LogP contribution in [-0.2, 0) is 6.54 Å². The van der Waals surface area contributed by atoms with E-state index >= 15 is 0 Å². The number of nitrogens with one attached hydrogen (secondary N) is 2. The highest BCUT2D eigenvalue weighted by atomic mass is 35.5. The predicted molar refractivity (Wildman–Crippen MR) is 66.4 cm³/mol. The Morgan fingerprint density at radius 2 is 1.93 bits per heavy atom. The average molecular weight is 227 g/mol. The smallest absolute Gasteiger partial charge is 0.0480 e. The lowest BCUT2D eigenvalue weighted by Crippen LogP contribution is -2.26. The van der Waals surface area contributed by atoms with E-state index in [1.165, 1.54) is 5.56 Å².